The summed E-state index contributed by atoms with van der Waals surface area (Å²) in [6.07, 6.45) is 4.70. The number of aryl methyl sites for hydroxylation is 2. The van der Waals surface area contributed by atoms with Crippen LogP contribution in [0, 0.1) is 0 Å². The first-order chi connectivity index (χ1) is 13.8. The Morgan fingerprint density at radius 3 is 2.79 bits per heavy atom. The van der Waals surface area contributed by atoms with E-state index in [4.69, 9.17) is 4.98 Å². The number of fused-ring (bicyclic) bond motifs is 3. The lowest BCUT2D eigenvalue weighted by Crippen LogP contribution is -2.42. The van der Waals surface area contributed by atoms with Gasteiger partial charge in [0.05, 0.1) is 22.6 Å². The maximum Gasteiger partial charge on any atom is 0.262 e. The number of rotatable bonds is 5. The van der Waals surface area contributed by atoms with E-state index in [1.807, 2.05) is 6.92 Å². The van der Waals surface area contributed by atoms with E-state index in [0.717, 1.165) is 41.5 Å². The molecule has 0 spiro atoms. The molecule has 1 saturated heterocycles. The van der Waals surface area contributed by atoms with Crippen molar-refractivity contribution >= 4 is 49.1 Å². The topological polar surface area (TPSA) is 89.3 Å². The van der Waals surface area contributed by atoms with Crippen molar-refractivity contribution in [3.8, 4) is 0 Å². The molecule has 7 nitrogen and oxygen atoms in total. The number of hydrogen-bond acceptors (Lipinski definition) is 7. The van der Waals surface area contributed by atoms with E-state index in [1.54, 1.807) is 23.3 Å². The second kappa shape index (κ2) is 8.03. The molecule has 2 aromatic heterocycles. The fourth-order valence-electron chi connectivity index (χ4n) is 4.26. The number of amides is 1. The fraction of sp³-hybridized carbons (Fsp3) is 0.632. The van der Waals surface area contributed by atoms with Gasteiger partial charge in [0.15, 0.2) is 15.0 Å². The second-order valence-electron chi connectivity index (χ2n) is 7.67. The number of thioether (sulfide) groups is 1. The number of carbonyl (C=O) groups excluding carboxylic acids is 1. The van der Waals surface area contributed by atoms with Crippen molar-refractivity contribution in [1.29, 1.82) is 0 Å². The van der Waals surface area contributed by atoms with E-state index < -0.39 is 9.84 Å². The first-order valence-corrected chi connectivity index (χ1v) is 13.6. The Labute approximate surface area is 178 Å². The van der Waals surface area contributed by atoms with Crippen LogP contribution >= 0.6 is 23.1 Å². The van der Waals surface area contributed by atoms with Crippen LogP contribution in [0.25, 0.3) is 10.2 Å². The van der Waals surface area contributed by atoms with Crippen LogP contribution in [0.4, 0.5) is 0 Å². The Kier molecular flexibility index (Phi) is 5.78. The van der Waals surface area contributed by atoms with E-state index in [0.29, 0.717) is 18.1 Å². The van der Waals surface area contributed by atoms with Crippen LogP contribution in [0.15, 0.2) is 9.95 Å². The lowest BCUT2D eigenvalue weighted by Gasteiger charge is -2.26. The maximum atomic E-state index is 13.0. The molecule has 1 atom stereocenters. The van der Waals surface area contributed by atoms with Crippen molar-refractivity contribution in [2.45, 2.75) is 50.2 Å². The van der Waals surface area contributed by atoms with Gasteiger partial charge in [-0.3, -0.25) is 14.2 Å². The molecule has 4 rings (SSSR count). The van der Waals surface area contributed by atoms with Gasteiger partial charge < -0.3 is 4.90 Å². The average Bonchev–Trinajstić information content (AvgIpc) is 3.23. The number of aromatic nitrogens is 2. The number of sulfone groups is 1. The highest BCUT2D eigenvalue weighted by molar-refractivity contribution is 7.99. The first kappa shape index (κ1) is 20.9. The van der Waals surface area contributed by atoms with E-state index >= 15 is 0 Å². The predicted octanol–water partition coefficient (Wildman–Crippen LogP) is 2.00. The van der Waals surface area contributed by atoms with Crippen molar-refractivity contribution in [3.63, 3.8) is 0 Å². The van der Waals surface area contributed by atoms with Crippen LogP contribution in [0.2, 0.25) is 0 Å². The molecule has 0 radical (unpaired) electrons. The van der Waals surface area contributed by atoms with Crippen molar-refractivity contribution < 1.29 is 13.2 Å². The third kappa shape index (κ3) is 3.98. The number of hydrogen-bond donors (Lipinski definition) is 0. The third-order valence-electron chi connectivity index (χ3n) is 5.79. The summed E-state index contributed by atoms with van der Waals surface area (Å²) in [4.78, 5) is 34.1. The zero-order valence-corrected chi connectivity index (χ0v) is 19.1. The monoisotopic (exact) mass is 455 g/mol. The van der Waals surface area contributed by atoms with E-state index in [1.165, 1.54) is 21.2 Å². The first-order valence-electron chi connectivity index (χ1n) is 9.94. The summed E-state index contributed by atoms with van der Waals surface area (Å²) >= 11 is 2.85. The van der Waals surface area contributed by atoms with Crippen LogP contribution in [0.3, 0.4) is 0 Å². The Hall–Kier alpha value is -1.39. The van der Waals surface area contributed by atoms with Crippen LogP contribution in [-0.2, 0) is 34.5 Å². The highest BCUT2D eigenvalue weighted by Gasteiger charge is 2.34. The smallest absolute Gasteiger partial charge is 0.262 e. The van der Waals surface area contributed by atoms with Gasteiger partial charge in [0.1, 0.15) is 4.83 Å². The van der Waals surface area contributed by atoms with Gasteiger partial charge in [-0.15, -0.1) is 11.3 Å². The Morgan fingerprint density at radius 2 is 2.10 bits per heavy atom. The molecule has 1 unspecified atom stereocenters. The molecule has 1 aliphatic carbocycles. The SMILES string of the molecule is CCN(C(=O)CSc1nc2sc3c(c2c(=O)n1C)CCCC3)C1CCS(=O)(=O)C1. The number of nitrogens with zero attached hydrogens (tertiary/aromatic N) is 3. The summed E-state index contributed by atoms with van der Waals surface area (Å²) in [5.74, 6) is 0.214. The lowest BCUT2D eigenvalue weighted by atomic mass is 9.97. The summed E-state index contributed by atoms with van der Waals surface area (Å²) in [5, 5.41) is 1.28. The molecular weight excluding hydrogens is 430 g/mol. The molecule has 0 bridgehead atoms. The third-order valence-corrected chi connectivity index (χ3v) is 9.74. The fourth-order valence-corrected chi connectivity index (χ4v) is 8.16. The van der Waals surface area contributed by atoms with Crippen molar-refractivity contribution in [1.82, 2.24) is 14.5 Å². The van der Waals surface area contributed by atoms with Crippen LogP contribution in [0.5, 0.6) is 0 Å². The van der Waals surface area contributed by atoms with Gasteiger partial charge in [-0.2, -0.15) is 0 Å². The van der Waals surface area contributed by atoms with Gasteiger partial charge >= 0.3 is 0 Å². The standard InChI is InChI=1S/C19H25N3O4S3/c1-3-22(12-8-9-29(25,26)11-12)15(23)10-27-19-20-17-16(18(24)21(19)2)13-6-4-5-7-14(13)28-17/h12H,3-11H2,1-2H3. The lowest BCUT2D eigenvalue weighted by molar-refractivity contribution is -0.129. The summed E-state index contributed by atoms with van der Waals surface area (Å²) in [7, 11) is -1.34. The minimum Gasteiger partial charge on any atom is -0.338 e. The molecule has 1 aliphatic heterocycles. The highest BCUT2D eigenvalue weighted by Crippen LogP contribution is 2.34. The van der Waals surface area contributed by atoms with E-state index in [2.05, 4.69) is 0 Å². The van der Waals surface area contributed by atoms with Crippen molar-refractivity contribution in [3.05, 3.63) is 20.8 Å². The second-order valence-corrected chi connectivity index (χ2v) is 11.9. The van der Waals surface area contributed by atoms with Gasteiger partial charge in [-0.1, -0.05) is 11.8 Å². The quantitative estimate of drug-likeness (QED) is 0.506. The Morgan fingerprint density at radius 1 is 1.34 bits per heavy atom. The zero-order chi connectivity index (χ0) is 20.8. The van der Waals surface area contributed by atoms with Crippen LogP contribution < -0.4 is 5.56 Å². The predicted molar refractivity (Wildman–Crippen MR) is 117 cm³/mol. The zero-order valence-electron chi connectivity index (χ0n) is 16.6. The molecule has 0 aromatic carbocycles. The number of carbonyl (C=O) groups is 1. The summed E-state index contributed by atoms with van der Waals surface area (Å²) in [6, 6.07) is -0.249. The largest absolute Gasteiger partial charge is 0.338 e. The molecule has 2 aliphatic rings. The minimum absolute atomic E-state index is 0.0424. The molecule has 158 valence electrons. The normalized spacial score (nSPS) is 20.7. The summed E-state index contributed by atoms with van der Waals surface area (Å²) in [5.41, 5.74) is 1.12. The van der Waals surface area contributed by atoms with Gasteiger partial charge in [0.25, 0.3) is 5.56 Å². The summed E-state index contributed by atoms with van der Waals surface area (Å²) < 4.78 is 25.1. The molecule has 2 aromatic rings. The highest BCUT2D eigenvalue weighted by atomic mass is 32.2. The molecule has 0 N–H and O–H groups in total. The van der Waals surface area contributed by atoms with Crippen molar-refractivity contribution in [2.24, 2.45) is 7.05 Å². The van der Waals surface area contributed by atoms with Gasteiger partial charge in [0.2, 0.25) is 5.91 Å². The minimum atomic E-state index is -3.05. The molecule has 10 heteroatoms. The van der Waals surface area contributed by atoms with Crippen LogP contribution in [0.1, 0.15) is 36.6 Å². The Bertz CT molecular complexity index is 1120. The molecule has 0 saturated carbocycles. The molecule has 1 amide bonds. The average molecular weight is 456 g/mol. The molecular formula is C19H25N3O4S3. The van der Waals surface area contributed by atoms with Crippen LogP contribution in [-0.4, -0.2) is 58.6 Å². The summed E-state index contributed by atoms with van der Waals surface area (Å²) in [6.45, 7) is 2.34. The van der Waals surface area contributed by atoms with Gasteiger partial charge in [-0.25, -0.2) is 13.4 Å². The van der Waals surface area contributed by atoms with Gasteiger partial charge in [-0.05, 0) is 44.6 Å². The van der Waals surface area contributed by atoms with Gasteiger partial charge in [0, 0.05) is 24.5 Å². The Balaban J connectivity index is 1.54. The van der Waals surface area contributed by atoms with E-state index in [-0.39, 0.29) is 34.8 Å². The van der Waals surface area contributed by atoms with Crippen molar-refractivity contribution in [2.75, 3.05) is 23.8 Å². The number of thiophene rings is 1. The maximum absolute atomic E-state index is 13.0. The van der Waals surface area contributed by atoms with E-state index in [9.17, 15) is 18.0 Å². The molecule has 3 heterocycles. The molecule has 29 heavy (non-hydrogen) atoms. The molecule has 1 fully saturated rings.